The molecule has 4 nitrogen and oxygen atoms in total. The number of benzene rings is 1. The van der Waals surface area contributed by atoms with Crippen LogP contribution in [0.1, 0.15) is 62.8 Å². The number of amides is 1. The lowest BCUT2D eigenvalue weighted by Crippen LogP contribution is -2.50. The maximum Gasteiger partial charge on any atom is 0.237 e. The monoisotopic (exact) mass is 371 g/mol. The molecule has 2 heterocycles. The van der Waals surface area contributed by atoms with E-state index in [1.165, 1.54) is 29.0 Å². The number of para-hydroxylation sites is 1. The Morgan fingerprint density at radius 2 is 1.88 bits per heavy atom. The third-order valence-corrected chi connectivity index (χ3v) is 7.27. The van der Waals surface area contributed by atoms with Gasteiger partial charge >= 0.3 is 0 Å². The average molecular weight is 372 g/mol. The fourth-order valence-corrected chi connectivity index (χ4v) is 5.47. The number of likely N-dealkylation sites (tertiary alicyclic amines) is 1. The second-order valence-corrected chi connectivity index (χ2v) is 8.91. The minimum atomic E-state index is -0.0201. The summed E-state index contributed by atoms with van der Waals surface area (Å²) in [6, 6.07) is 8.78. The van der Waals surface area contributed by atoms with Crippen LogP contribution < -0.4 is 5.32 Å². The zero-order chi connectivity index (χ0) is 17.9. The molecule has 2 fully saturated rings. The number of carbonyl (C=O) groups excluding carboxylic acids is 1. The molecule has 1 aliphatic carbocycles. The van der Waals surface area contributed by atoms with Crippen molar-refractivity contribution >= 4 is 27.5 Å². The van der Waals surface area contributed by atoms with Gasteiger partial charge in [-0.3, -0.25) is 9.69 Å². The van der Waals surface area contributed by atoms with E-state index in [1.54, 1.807) is 0 Å². The highest BCUT2D eigenvalue weighted by atomic mass is 32.1. The van der Waals surface area contributed by atoms with Crippen molar-refractivity contribution in [1.82, 2.24) is 15.2 Å². The summed E-state index contributed by atoms with van der Waals surface area (Å²) in [7, 11) is 0. The molecule has 1 amide bonds. The number of carbonyl (C=O) groups is 1. The molecular weight excluding hydrogens is 342 g/mol. The van der Waals surface area contributed by atoms with Crippen LogP contribution in [0.25, 0.3) is 10.2 Å². The van der Waals surface area contributed by atoms with Crippen molar-refractivity contribution in [3.8, 4) is 0 Å². The van der Waals surface area contributed by atoms with E-state index >= 15 is 0 Å². The van der Waals surface area contributed by atoms with Crippen LogP contribution in [0.2, 0.25) is 0 Å². The largest absolute Gasteiger partial charge is 0.352 e. The number of piperidine rings is 1. The van der Waals surface area contributed by atoms with E-state index in [1.807, 2.05) is 11.3 Å². The van der Waals surface area contributed by atoms with Crippen LogP contribution in [-0.4, -0.2) is 41.0 Å². The number of thiazole rings is 1. The lowest BCUT2D eigenvalue weighted by molar-refractivity contribution is -0.127. The molecule has 1 N–H and O–H groups in total. The van der Waals surface area contributed by atoms with Crippen LogP contribution in [0.15, 0.2) is 24.3 Å². The molecule has 5 heteroatoms. The standard InChI is InChI=1S/C21H29N3OS/c1-15(20(25)22-17-7-3-2-4-8-17)24-13-11-16(12-14-24)21-23-18-9-5-6-10-19(18)26-21/h5-6,9-10,15-17H,2-4,7-8,11-14H2,1H3,(H,22,25). The predicted octanol–water partition coefficient (Wildman–Crippen LogP) is 4.31. The summed E-state index contributed by atoms with van der Waals surface area (Å²) in [5, 5.41) is 4.55. The maximum atomic E-state index is 12.6. The van der Waals surface area contributed by atoms with Gasteiger partial charge in [-0.1, -0.05) is 31.4 Å². The van der Waals surface area contributed by atoms with Crippen LogP contribution in [0.3, 0.4) is 0 Å². The van der Waals surface area contributed by atoms with Gasteiger partial charge in [0.15, 0.2) is 0 Å². The van der Waals surface area contributed by atoms with E-state index in [9.17, 15) is 4.79 Å². The van der Waals surface area contributed by atoms with Crippen molar-refractivity contribution < 1.29 is 4.79 Å². The molecule has 2 aliphatic rings. The molecule has 2 aromatic rings. The number of nitrogens with one attached hydrogen (secondary N) is 1. The number of fused-ring (bicyclic) bond motifs is 1. The average Bonchev–Trinajstić information content (AvgIpc) is 3.12. The lowest BCUT2D eigenvalue weighted by atomic mass is 9.94. The summed E-state index contributed by atoms with van der Waals surface area (Å²) in [5.74, 6) is 0.757. The SMILES string of the molecule is CC(C(=O)NC1CCCCC1)N1CCC(c2nc3ccccc3s2)CC1. The number of hydrogen-bond acceptors (Lipinski definition) is 4. The first-order chi connectivity index (χ1) is 12.7. The van der Waals surface area contributed by atoms with Gasteiger partial charge in [-0.15, -0.1) is 11.3 Å². The molecule has 1 saturated carbocycles. The molecule has 0 radical (unpaired) electrons. The molecule has 26 heavy (non-hydrogen) atoms. The third kappa shape index (κ3) is 3.94. The Kier molecular flexibility index (Phi) is 5.55. The van der Waals surface area contributed by atoms with E-state index in [-0.39, 0.29) is 11.9 Å². The highest BCUT2D eigenvalue weighted by molar-refractivity contribution is 7.18. The second kappa shape index (κ2) is 8.05. The third-order valence-electron chi connectivity index (χ3n) is 6.07. The van der Waals surface area contributed by atoms with E-state index < -0.39 is 0 Å². The Labute approximate surface area is 160 Å². The fraction of sp³-hybridized carbons (Fsp3) is 0.619. The Morgan fingerprint density at radius 3 is 2.62 bits per heavy atom. The number of aromatic nitrogens is 1. The number of rotatable bonds is 4. The first kappa shape index (κ1) is 17.9. The molecule has 4 rings (SSSR count). The molecule has 1 unspecified atom stereocenters. The van der Waals surface area contributed by atoms with E-state index in [0.29, 0.717) is 12.0 Å². The molecule has 0 bridgehead atoms. The fourth-order valence-electron chi connectivity index (χ4n) is 4.33. The van der Waals surface area contributed by atoms with Crippen molar-refractivity contribution in [2.75, 3.05) is 13.1 Å². The summed E-state index contributed by atoms with van der Waals surface area (Å²) in [6.07, 6.45) is 8.33. The Morgan fingerprint density at radius 1 is 1.15 bits per heavy atom. The van der Waals surface area contributed by atoms with Gasteiger partial charge in [0.2, 0.25) is 5.91 Å². The minimum Gasteiger partial charge on any atom is -0.352 e. The van der Waals surface area contributed by atoms with Gasteiger partial charge in [0.25, 0.3) is 0 Å². The van der Waals surface area contributed by atoms with Gasteiger partial charge in [0, 0.05) is 12.0 Å². The van der Waals surface area contributed by atoms with Gasteiger partial charge in [-0.25, -0.2) is 4.98 Å². The highest BCUT2D eigenvalue weighted by Gasteiger charge is 2.29. The van der Waals surface area contributed by atoms with Crippen LogP contribution >= 0.6 is 11.3 Å². The molecule has 1 aromatic heterocycles. The van der Waals surface area contributed by atoms with Crippen LogP contribution in [-0.2, 0) is 4.79 Å². The summed E-state index contributed by atoms with van der Waals surface area (Å²) in [5.41, 5.74) is 1.12. The minimum absolute atomic E-state index is 0.0201. The summed E-state index contributed by atoms with van der Waals surface area (Å²) in [6.45, 7) is 4.04. The van der Waals surface area contributed by atoms with Gasteiger partial charge < -0.3 is 5.32 Å². The van der Waals surface area contributed by atoms with Crippen LogP contribution in [0.5, 0.6) is 0 Å². The summed E-state index contributed by atoms with van der Waals surface area (Å²) >= 11 is 1.83. The Bertz CT molecular complexity index is 712. The lowest BCUT2D eigenvalue weighted by Gasteiger charge is -2.35. The van der Waals surface area contributed by atoms with Gasteiger partial charge in [-0.05, 0) is 57.8 Å². The van der Waals surface area contributed by atoms with E-state index in [0.717, 1.165) is 44.3 Å². The van der Waals surface area contributed by atoms with Gasteiger partial charge in [0.1, 0.15) is 0 Å². The Hall–Kier alpha value is -1.46. The quantitative estimate of drug-likeness (QED) is 0.871. The molecule has 1 atom stereocenters. The molecular formula is C21H29N3OS. The highest BCUT2D eigenvalue weighted by Crippen LogP contribution is 2.34. The van der Waals surface area contributed by atoms with Crippen LogP contribution in [0.4, 0.5) is 0 Å². The van der Waals surface area contributed by atoms with Gasteiger partial charge in [-0.2, -0.15) is 0 Å². The second-order valence-electron chi connectivity index (χ2n) is 7.85. The first-order valence-electron chi connectivity index (χ1n) is 10.1. The van der Waals surface area contributed by atoms with E-state index in [4.69, 9.17) is 4.98 Å². The first-order valence-corrected chi connectivity index (χ1v) is 10.9. The number of nitrogens with zero attached hydrogens (tertiary/aromatic N) is 2. The zero-order valence-electron chi connectivity index (χ0n) is 15.6. The zero-order valence-corrected chi connectivity index (χ0v) is 16.4. The normalized spacial score (nSPS) is 21.7. The summed E-state index contributed by atoms with van der Waals surface area (Å²) in [4.78, 5) is 19.8. The molecule has 0 spiro atoms. The van der Waals surface area contributed by atoms with Gasteiger partial charge in [0.05, 0.1) is 21.3 Å². The smallest absolute Gasteiger partial charge is 0.237 e. The Balaban J connectivity index is 1.31. The predicted molar refractivity (Wildman–Crippen MR) is 108 cm³/mol. The van der Waals surface area contributed by atoms with Crippen molar-refractivity contribution in [2.24, 2.45) is 0 Å². The maximum absolute atomic E-state index is 12.6. The van der Waals surface area contributed by atoms with Crippen molar-refractivity contribution in [3.63, 3.8) is 0 Å². The number of hydrogen-bond donors (Lipinski definition) is 1. The van der Waals surface area contributed by atoms with Crippen molar-refractivity contribution in [3.05, 3.63) is 29.3 Å². The van der Waals surface area contributed by atoms with Crippen molar-refractivity contribution in [2.45, 2.75) is 69.9 Å². The van der Waals surface area contributed by atoms with Crippen LogP contribution in [0, 0.1) is 0 Å². The van der Waals surface area contributed by atoms with E-state index in [2.05, 4.69) is 41.4 Å². The molecule has 1 aliphatic heterocycles. The summed E-state index contributed by atoms with van der Waals surface area (Å²) < 4.78 is 1.28. The van der Waals surface area contributed by atoms with Crippen molar-refractivity contribution in [1.29, 1.82) is 0 Å². The topological polar surface area (TPSA) is 45.2 Å². The molecule has 1 saturated heterocycles. The molecule has 140 valence electrons. The molecule has 1 aromatic carbocycles.